The predicted octanol–water partition coefficient (Wildman–Crippen LogP) is 14.7. The molecule has 0 aliphatic heterocycles. The van der Waals surface area contributed by atoms with Gasteiger partial charge in [0, 0.05) is 16.8 Å². The van der Waals surface area contributed by atoms with Crippen LogP contribution >= 0.6 is 0 Å². The zero-order chi connectivity index (χ0) is 34.8. The maximum absolute atomic E-state index is 2.50. The van der Waals surface area contributed by atoms with Crippen molar-refractivity contribution in [3.8, 4) is 33.4 Å². The van der Waals surface area contributed by atoms with Crippen molar-refractivity contribution < 1.29 is 0 Å². The molecule has 0 heterocycles. The van der Waals surface area contributed by atoms with Crippen LogP contribution in [0.1, 0.15) is 69.9 Å². The molecule has 0 spiro atoms. The first-order valence-electron chi connectivity index (χ1n) is 18.7. The first-order chi connectivity index (χ1) is 25.0. The largest absolute Gasteiger partial charge is 0.309 e. The summed E-state index contributed by atoms with van der Waals surface area (Å²) in [6.07, 6.45) is 6.54. The Hall–Kier alpha value is -5.40. The Labute approximate surface area is 304 Å². The number of hydrogen-bond donors (Lipinski definition) is 0. The number of rotatable bonds is 7. The van der Waals surface area contributed by atoms with Crippen molar-refractivity contribution in [2.24, 2.45) is 0 Å². The molecule has 1 fully saturated rings. The molecule has 1 heteroatoms. The number of hydrogen-bond acceptors (Lipinski definition) is 1. The zero-order valence-electron chi connectivity index (χ0n) is 30.1. The molecule has 51 heavy (non-hydrogen) atoms. The summed E-state index contributed by atoms with van der Waals surface area (Å²) in [4.78, 5) is 2.50. The van der Waals surface area contributed by atoms with Crippen LogP contribution in [0.25, 0.3) is 44.2 Å². The van der Waals surface area contributed by atoms with E-state index in [-0.39, 0.29) is 5.41 Å². The van der Waals surface area contributed by atoms with Gasteiger partial charge in [-0.15, -0.1) is 0 Å². The second-order valence-electron chi connectivity index (χ2n) is 15.2. The van der Waals surface area contributed by atoms with Crippen LogP contribution in [-0.4, -0.2) is 0 Å². The van der Waals surface area contributed by atoms with E-state index in [2.05, 4.69) is 189 Å². The van der Waals surface area contributed by atoms with E-state index in [9.17, 15) is 0 Å². The van der Waals surface area contributed by atoms with E-state index in [1.165, 1.54) is 98.8 Å². The lowest BCUT2D eigenvalue weighted by atomic mass is 9.80. The topological polar surface area (TPSA) is 3.24 Å². The van der Waals surface area contributed by atoms with Gasteiger partial charge in [-0.05, 0) is 98.7 Å². The fourth-order valence-electron chi connectivity index (χ4n) is 8.13. The molecule has 0 saturated heterocycles. The van der Waals surface area contributed by atoms with Crippen LogP contribution in [0.5, 0.6) is 0 Å². The molecule has 0 aromatic heterocycles. The van der Waals surface area contributed by atoms with Crippen LogP contribution in [-0.2, 0) is 5.41 Å². The first-order valence-corrected chi connectivity index (χ1v) is 18.7. The highest BCUT2D eigenvalue weighted by atomic mass is 15.1. The minimum Gasteiger partial charge on any atom is -0.309 e. The number of anilines is 3. The molecular formula is C50H47N. The molecule has 0 unspecified atom stereocenters. The van der Waals surface area contributed by atoms with E-state index in [4.69, 9.17) is 0 Å². The van der Waals surface area contributed by atoms with E-state index in [0.29, 0.717) is 5.92 Å². The zero-order valence-corrected chi connectivity index (χ0v) is 30.1. The van der Waals surface area contributed by atoms with Gasteiger partial charge in [-0.25, -0.2) is 0 Å². The molecular weight excluding hydrogens is 615 g/mol. The number of benzene rings is 7. The van der Waals surface area contributed by atoms with Crippen molar-refractivity contribution >= 4 is 27.8 Å². The van der Waals surface area contributed by atoms with Crippen molar-refractivity contribution in [1.82, 2.24) is 0 Å². The quantitative estimate of drug-likeness (QED) is 0.164. The number of nitrogens with zero attached hydrogens (tertiary/aromatic N) is 1. The van der Waals surface area contributed by atoms with Gasteiger partial charge in [0.1, 0.15) is 0 Å². The van der Waals surface area contributed by atoms with Crippen molar-refractivity contribution in [3.63, 3.8) is 0 Å². The molecule has 7 aromatic rings. The highest BCUT2D eigenvalue weighted by Gasteiger charge is 2.25. The SMILES string of the molecule is CC(C)(C)c1ccc(N(c2ccc(-c3ccccc3)cc2)c2ccccc2-c2cccc3cccc(C4CCCCC4)c23)c(-c2ccccc2)c1. The van der Waals surface area contributed by atoms with E-state index < -0.39 is 0 Å². The van der Waals surface area contributed by atoms with E-state index in [1.54, 1.807) is 0 Å². The highest BCUT2D eigenvalue weighted by molar-refractivity contribution is 6.04. The molecule has 0 bridgehead atoms. The molecule has 1 aliphatic carbocycles. The third-order valence-electron chi connectivity index (χ3n) is 10.8. The predicted molar refractivity (Wildman–Crippen MR) is 219 cm³/mol. The monoisotopic (exact) mass is 661 g/mol. The van der Waals surface area contributed by atoms with Gasteiger partial charge >= 0.3 is 0 Å². The van der Waals surface area contributed by atoms with Crippen molar-refractivity contribution in [1.29, 1.82) is 0 Å². The summed E-state index contributed by atoms with van der Waals surface area (Å²) < 4.78 is 0. The van der Waals surface area contributed by atoms with Gasteiger partial charge in [0.25, 0.3) is 0 Å². The summed E-state index contributed by atoms with van der Waals surface area (Å²) in [5.41, 5.74) is 13.8. The Morgan fingerprint density at radius 2 is 1.06 bits per heavy atom. The molecule has 8 rings (SSSR count). The highest BCUT2D eigenvalue weighted by Crippen LogP contribution is 2.48. The van der Waals surface area contributed by atoms with Gasteiger partial charge in [-0.3, -0.25) is 0 Å². The molecule has 0 N–H and O–H groups in total. The lowest BCUT2D eigenvalue weighted by molar-refractivity contribution is 0.445. The second-order valence-corrected chi connectivity index (χ2v) is 15.2. The summed E-state index contributed by atoms with van der Waals surface area (Å²) >= 11 is 0. The Morgan fingerprint density at radius 1 is 0.471 bits per heavy atom. The smallest absolute Gasteiger partial charge is 0.0540 e. The minimum atomic E-state index is 0.0145. The summed E-state index contributed by atoms with van der Waals surface area (Å²) in [6.45, 7) is 6.91. The Bertz CT molecular complexity index is 2250. The second kappa shape index (κ2) is 14.1. The molecule has 1 aliphatic rings. The summed E-state index contributed by atoms with van der Waals surface area (Å²) in [6, 6.07) is 60.7. The third-order valence-corrected chi connectivity index (χ3v) is 10.8. The summed E-state index contributed by atoms with van der Waals surface area (Å²) in [5.74, 6) is 0.604. The third kappa shape index (κ3) is 6.62. The first kappa shape index (κ1) is 32.8. The van der Waals surface area contributed by atoms with Crippen molar-refractivity contribution in [3.05, 3.63) is 175 Å². The van der Waals surface area contributed by atoms with Crippen LogP contribution in [0, 0.1) is 0 Å². The van der Waals surface area contributed by atoms with Gasteiger partial charge in [-0.2, -0.15) is 0 Å². The Kier molecular flexibility index (Phi) is 9.05. The Morgan fingerprint density at radius 3 is 1.76 bits per heavy atom. The van der Waals surface area contributed by atoms with Gasteiger partial charge in [0.05, 0.1) is 11.4 Å². The average Bonchev–Trinajstić information content (AvgIpc) is 3.19. The molecule has 1 saturated carbocycles. The molecule has 0 atom stereocenters. The molecule has 1 nitrogen and oxygen atoms in total. The van der Waals surface area contributed by atoms with Crippen molar-refractivity contribution in [2.75, 3.05) is 4.90 Å². The fraction of sp³-hybridized carbons (Fsp3) is 0.200. The van der Waals surface area contributed by atoms with Crippen LogP contribution in [0.2, 0.25) is 0 Å². The van der Waals surface area contributed by atoms with Gasteiger partial charge < -0.3 is 4.90 Å². The van der Waals surface area contributed by atoms with Gasteiger partial charge in [0.15, 0.2) is 0 Å². The van der Waals surface area contributed by atoms with Gasteiger partial charge in [0.2, 0.25) is 0 Å². The normalized spacial score (nSPS) is 13.7. The van der Waals surface area contributed by atoms with E-state index in [1.807, 2.05) is 0 Å². The Balaban J connectivity index is 1.38. The maximum Gasteiger partial charge on any atom is 0.0540 e. The van der Waals surface area contributed by atoms with E-state index >= 15 is 0 Å². The lowest BCUT2D eigenvalue weighted by Gasteiger charge is -2.32. The van der Waals surface area contributed by atoms with Gasteiger partial charge in [-0.1, -0.05) is 173 Å². The minimum absolute atomic E-state index is 0.0145. The summed E-state index contributed by atoms with van der Waals surface area (Å²) in [5, 5.41) is 2.73. The van der Waals surface area contributed by atoms with Crippen LogP contribution in [0.4, 0.5) is 17.1 Å². The van der Waals surface area contributed by atoms with E-state index in [0.717, 1.165) is 5.69 Å². The molecule has 252 valence electrons. The van der Waals surface area contributed by atoms with Crippen LogP contribution in [0.3, 0.4) is 0 Å². The van der Waals surface area contributed by atoms with Crippen molar-refractivity contribution in [2.45, 2.75) is 64.2 Å². The standard InChI is InChI=1S/C50H47N/c1-50(2,3)41-31-34-48(46(35-41)39-21-11-6-12-22-39)51(42-32-29-37(30-33-42)36-17-7-4-8-18-36)47-28-14-13-25-44(47)45-27-16-24-40-23-15-26-43(49(40)45)38-19-9-5-10-20-38/h4,6-8,11-18,21-35,38H,5,9-10,19-20H2,1-3H3. The average molecular weight is 662 g/mol. The van der Waals surface area contributed by atoms with Crippen LogP contribution < -0.4 is 4.90 Å². The molecule has 7 aromatic carbocycles. The summed E-state index contributed by atoms with van der Waals surface area (Å²) in [7, 11) is 0. The van der Waals surface area contributed by atoms with Crippen LogP contribution in [0.15, 0.2) is 164 Å². The lowest BCUT2D eigenvalue weighted by Crippen LogP contribution is -2.15. The molecule has 0 radical (unpaired) electrons. The fourth-order valence-corrected chi connectivity index (χ4v) is 8.13. The maximum atomic E-state index is 2.50. The number of para-hydroxylation sites is 1. The number of fused-ring (bicyclic) bond motifs is 1. The molecule has 0 amide bonds.